The minimum Gasteiger partial charge on any atom is -0.323 e. The first-order valence-corrected chi connectivity index (χ1v) is 6.97. The SMILES string of the molecule is CC[C@@H](C)C(=O)Nc1c(C)nn(-c2ccccc2)c1C. The highest BCUT2D eigenvalue weighted by atomic mass is 16.1. The van der Waals surface area contributed by atoms with E-state index in [0.717, 1.165) is 29.2 Å². The second-order valence-corrected chi connectivity index (χ2v) is 5.09. The molecule has 0 unspecified atom stereocenters. The number of benzene rings is 1. The summed E-state index contributed by atoms with van der Waals surface area (Å²) >= 11 is 0. The molecule has 0 fully saturated rings. The van der Waals surface area contributed by atoms with Crippen molar-refractivity contribution < 1.29 is 4.79 Å². The van der Waals surface area contributed by atoms with Crippen molar-refractivity contribution in [3.63, 3.8) is 0 Å². The van der Waals surface area contributed by atoms with Crippen molar-refractivity contribution in [3.05, 3.63) is 41.7 Å². The fourth-order valence-electron chi connectivity index (χ4n) is 2.08. The Labute approximate surface area is 119 Å². The maximum absolute atomic E-state index is 12.0. The van der Waals surface area contributed by atoms with Crippen LogP contribution in [0.15, 0.2) is 30.3 Å². The molecule has 106 valence electrons. The van der Waals surface area contributed by atoms with Crippen molar-refractivity contribution in [2.45, 2.75) is 34.1 Å². The first kappa shape index (κ1) is 14.3. The van der Waals surface area contributed by atoms with Gasteiger partial charge in [0.2, 0.25) is 5.91 Å². The Hall–Kier alpha value is -2.10. The molecule has 0 spiro atoms. The van der Waals surface area contributed by atoms with Gasteiger partial charge < -0.3 is 5.32 Å². The maximum Gasteiger partial charge on any atom is 0.227 e. The number of rotatable bonds is 4. The Morgan fingerprint density at radius 2 is 1.95 bits per heavy atom. The van der Waals surface area contributed by atoms with Gasteiger partial charge in [-0.2, -0.15) is 5.10 Å². The molecule has 1 atom stereocenters. The average molecular weight is 271 g/mol. The van der Waals surface area contributed by atoms with Crippen molar-refractivity contribution in [1.82, 2.24) is 9.78 Å². The lowest BCUT2D eigenvalue weighted by atomic mass is 10.1. The Balaban J connectivity index is 2.33. The average Bonchev–Trinajstić information content (AvgIpc) is 2.75. The predicted molar refractivity (Wildman–Crippen MR) is 81.1 cm³/mol. The Kier molecular flexibility index (Phi) is 4.23. The van der Waals surface area contributed by atoms with Crippen LogP contribution in [0.4, 0.5) is 5.69 Å². The molecule has 4 heteroatoms. The molecule has 2 rings (SSSR count). The van der Waals surface area contributed by atoms with E-state index >= 15 is 0 Å². The fraction of sp³-hybridized carbons (Fsp3) is 0.375. The summed E-state index contributed by atoms with van der Waals surface area (Å²) in [5.41, 5.74) is 3.60. The van der Waals surface area contributed by atoms with Crippen LogP contribution in [0.2, 0.25) is 0 Å². The number of aryl methyl sites for hydroxylation is 1. The molecule has 0 aliphatic rings. The summed E-state index contributed by atoms with van der Waals surface area (Å²) < 4.78 is 1.86. The van der Waals surface area contributed by atoms with Gasteiger partial charge >= 0.3 is 0 Å². The topological polar surface area (TPSA) is 46.9 Å². The second kappa shape index (κ2) is 5.90. The van der Waals surface area contributed by atoms with Crippen molar-refractivity contribution in [2.75, 3.05) is 5.32 Å². The number of aromatic nitrogens is 2. The standard InChI is InChI=1S/C16H21N3O/c1-5-11(2)16(20)17-15-12(3)18-19(13(15)4)14-9-7-6-8-10-14/h6-11H,5H2,1-4H3,(H,17,20)/t11-/m1/s1. The van der Waals surface area contributed by atoms with Crippen LogP contribution in [0.5, 0.6) is 0 Å². The smallest absolute Gasteiger partial charge is 0.227 e. The van der Waals surface area contributed by atoms with Crippen LogP contribution in [-0.4, -0.2) is 15.7 Å². The van der Waals surface area contributed by atoms with E-state index in [1.54, 1.807) is 0 Å². The Morgan fingerprint density at radius 1 is 1.30 bits per heavy atom. The summed E-state index contributed by atoms with van der Waals surface area (Å²) in [6, 6.07) is 9.92. The van der Waals surface area contributed by atoms with E-state index in [-0.39, 0.29) is 11.8 Å². The normalized spacial score (nSPS) is 12.2. The van der Waals surface area contributed by atoms with Crippen LogP contribution >= 0.6 is 0 Å². The minimum atomic E-state index is 0.00822. The molecule has 1 N–H and O–H groups in total. The van der Waals surface area contributed by atoms with Gasteiger partial charge in [-0.25, -0.2) is 4.68 Å². The van der Waals surface area contributed by atoms with Crippen LogP contribution in [0, 0.1) is 19.8 Å². The third-order valence-corrected chi connectivity index (χ3v) is 3.60. The number of carbonyl (C=O) groups is 1. The van der Waals surface area contributed by atoms with Crippen molar-refractivity contribution in [3.8, 4) is 5.69 Å². The summed E-state index contributed by atoms with van der Waals surface area (Å²) in [5.74, 6) is 0.0557. The van der Waals surface area contributed by atoms with Gasteiger partial charge in [0.05, 0.1) is 22.8 Å². The molecule has 4 nitrogen and oxygen atoms in total. The zero-order chi connectivity index (χ0) is 14.7. The van der Waals surface area contributed by atoms with Crippen LogP contribution in [-0.2, 0) is 4.79 Å². The molecule has 1 amide bonds. The highest BCUT2D eigenvalue weighted by Gasteiger charge is 2.17. The predicted octanol–water partition coefficient (Wildman–Crippen LogP) is 3.47. The number of carbonyl (C=O) groups excluding carboxylic acids is 1. The third kappa shape index (κ3) is 2.74. The lowest BCUT2D eigenvalue weighted by Crippen LogP contribution is -2.20. The second-order valence-electron chi connectivity index (χ2n) is 5.09. The molecule has 0 saturated heterocycles. The molecule has 1 aromatic heterocycles. The van der Waals surface area contributed by atoms with E-state index in [4.69, 9.17) is 0 Å². The molecule has 0 aliphatic heterocycles. The lowest BCUT2D eigenvalue weighted by Gasteiger charge is -2.10. The number of hydrogen-bond donors (Lipinski definition) is 1. The molecule has 0 radical (unpaired) electrons. The van der Waals surface area contributed by atoms with E-state index in [1.807, 2.05) is 62.7 Å². The van der Waals surface area contributed by atoms with E-state index in [0.29, 0.717) is 0 Å². The lowest BCUT2D eigenvalue weighted by molar-refractivity contribution is -0.119. The summed E-state index contributed by atoms with van der Waals surface area (Å²) in [6.07, 6.45) is 0.830. The van der Waals surface area contributed by atoms with Crippen molar-refractivity contribution in [2.24, 2.45) is 5.92 Å². The van der Waals surface area contributed by atoms with E-state index in [2.05, 4.69) is 10.4 Å². The molecule has 1 heterocycles. The number of para-hydroxylation sites is 1. The molecular formula is C16H21N3O. The zero-order valence-corrected chi connectivity index (χ0v) is 12.5. The number of nitrogens with zero attached hydrogens (tertiary/aromatic N) is 2. The van der Waals surface area contributed by atoms with Crippen LogP contribution < -0.4 is 5.32 Å². The first-order valence-electron chi connectivity index (χ1n) is 6.97. The first-order chi connectivity index (χ1) is 9.54. The molecule has 0 saturated carbocycles. The molecule has 20 heavy (non-hydrogen) atoms. The number of hydrogen-bond acceptors (Lipinski definition) is 2. The minimum absolute atomic E-state index is 0.00822. The summed E-state index contributed by atoms with van der Waals surface area (Å²) in [6.45, 7) is 7.83. The summed E-state index contributed by atoms with van der Waals surface area (Å²) in [7, 11) is 0. The van der Waals surface area contributed by atoms with Crippen LogP contribution in [0.25, 0.3) is 5.69 Å². The highest BCUT2D eigenvalue weighted by Crippen LogP contribution is 2.23. The molecule has 0 bridgehead atoms. The van der Waals surface area contributed by atoms with Gasteiger partial charge in [-0.05, 0) is 32.4 Å². The van der Waals surface area contributed by atoms with Gasteiger partial charge in [-0.15, -0.1) is 0 Å². The summed E-state index contributed by atoms with van der Waals surface area (Å²) in [4.78, 5) is 12.0. The number of nitrogens with one attached hydrogen (secondary N) is 1. The number of anilines is 1. The zero-order valence-electron chi connectivity index (χ0n) is 12.5. The van der Waals surface area contributed by atoms with Gasteiger partial charge in [0.1, 0.15) is 0 Å². The van der Waals surface area contributed by atoms with E-state index < -0.39 is 0 Å². The van der Waals surface area contributed by atoms with Gasteiger partial charge in [-0.1, -0.05) is 32.0 Å². The Morgan fingerprint density at radius 3 is 2.55 bits per heavy atom. The maximum atomic E-state index is 12.0. The summed E-state index contributed by atoms with van der Waals surface area (Å²) in [5, 5.41) is 7.52. The molecule has 1 aromatic carbocycles. The fourth-order valence-corrected chi connectivity index (χ4v) is 2.08. The Bertz CT molecular complexity index is 602. The third-order valence-electron chi connectivity index (χ3n) is 3.60. The van der Waals surface area contributed by atoms with E-state index in [9.17, 15) is 4.79 Å². The van der Waals surface area contributed by atoms with Gasteiger partial charge in [0.25, 0.3) is 0 Å². The largest absolute Gasteiger partial charge is 0.323 e. The van der Waals surface area contributed by atoms with Gasteiger partial charge in [0.15, 0.2) is 0 Å². The van der Waals surface area contributed by atoms with E-state index in [1.165, 1.54) is 0 Å². The van der Waals surface area contributed by atoms with Crippen LogP contribution in [0.1, 0.15) is 31.7 Å². The quantitative estimate of drug-likeness (QED) is 0.925. The molecular weight excluding hydrogens is 250 g/mol. The van der Waals surface area contributed by atoms with Crippen molar-refractivity contribution >= 4 is 11.6 Å². The number of amides is 1. The van der Waals surface area contributed by atoms with Gasteiger partial charge in [0, 0.05) is 5.92 Å². The van der Waals surface area contributed by atoms with Crippen molar-refractivity contribution in [1.29, 1.82) is 0 Å². The monoisotopic (exact) mass is 271 g/mol. The molecule has 0 aliphatic carbocycles. The van der Waals surface area contributed by atoms with Crippen LogP contribution in [0.3, 0.4) is 0 Å². The molecule has 2 aromatic rings. The highest BCUT2D eigenvalue weighted by molar-refractivity contribution is 5.93. The van der Waals surface area contributed by atoms with Gasteiger partial charge in [-0.3, -0.25) is 4.79 Å².